The van der Waals surface area contributed by atoms with Crippen LogP contribution >= 0.6 is 0 Å². The molecular formula is C18H37N3. The van der Waals surface area contributed by atoms with E-state index in [0.717, 1.165) is 17.8 Å². The van der Waals surface area contributed by atoms with Crippen molar-refractivity contribution in [1.82, 2.24) is 10.3 Å². The SMILES string of the molecule is CCC(CC)(C(NN)C1CC(C)CC(C)C1)N1CCCC1. The first kappa shape index (κ1) is 17.2. The van der Waals surface area contributed by atoms with E-state index in [2.05, 4.69) is 38.0 Å². The Kier molecular flexibility index (Phi) is 6.10. The minimum absolute atomic E-state index is 0.257. The van der Waals surface area contributed by atoms with Crippen LogP contribution in [0.15, 0.2) is 0 Å². The molecule has 0 spiro atoms. The van der Waals surface area contributed by atoms with Gasteiger partial charge in [0.05, 0.1) is 0 Å². The summed E-state index contributed by atoms with van der Waals surface area (Å²) in [5.41, 5.74) is 3.55. The molecule has 21 heavy (non-hydrogen) atoms. The van der Waals surface area contributed by atoms with Crippen LogP contribution in [-0.2, 0) is 0 Å². The standard InChI is InChI=1S/C18H37N3/c1-5-18(6-2,21-9-7-8-10-21)17(20-19)16-12-14(3)11-15(4)13-16/h14-17,20H,5-13,19H2,1-4H3. The number of hydrazine groups is 1. The van der Waals surface area contributed by atoms with Gasteiger partial charge in [0.15, 0.2) is 0 Å². The lowest BCUT2D eigenvalue weighted by Crippen LogP contribution is -2.64. The van der Waals surface area contributed by atoms with Crippen molar-refractivity contribution in [2.75, 3.05) is 13.1 Å². The summed E-state index contributed by atoms with van der Waals surface area (Å²) in [6.07, 6.45) is 9.20. The predicted molar refractivity (Wildman–Crippen MR) is 90.9 cm³/mol. The third-order valence-electron chi connectivity index (χ3n) is 6.41. The summed E-state index contributed by atoms with van der Waals surface area (Å²) in [5.74, 6) is 8.55. The Hall–Kier alpha value is -0.120. The molecule has 0 radical (unpaired) electrons. The van der Waals surface area contributed by atoms with Gasteiger partial charge in [0, 0.05) is 11.6 Å². The molecule has 1 saturated carbocycles. The summed E-state index contributed by atoms with van der Waals surface area (Å²) >= 11 is 0. The van der Waals surface area contributed by atoms with Crippen molar-refractivity contribution in [1.29, 1.82) is 0 Å². The Morgan fingerprint density at radius 1 is 1.05 bits per heavy atom. The maximum Gasteiger partial charge on any atom is 0.0422 e. The van der Waals surface area contributed by atoms with E-state index < -0.39 is 0 Å². The van der Waals surface area contributed by atoms with Crippen LogP contribution in [0, 0.1) is 17.8 Å². The van der Waals surface area contributed by atoms with E-state index in [-0.39, 0.29) is 5.54 Å². The van der Waals surface area contributed by atoms with Gasteiger partial charge in [-0.05, 0) is 75.8 Å². The van der Waals surface area contributed by atoms with Crippen molar-refractivity contribution in [2.45, 2.75) is 84.2 Å². The number of nitrogens with zero attached hydrogens (tertiary/aromatic N) is 1. The van der Waals surface area contributed by atoms with Gasteiger partial charge in [0.25, 0.3) is 0 Å². The van der Waals surface area contributed by atoms with E-state index in [1.165, 1.54) is 58.0 Å². The zero-order valence-corrected chi connectivity index (χ0v) is 14.7. The van der Waals surface area contributed by atoms with Gasteiger partial charge in [-0.25, -0.2) is 0 Å². The lowest BCUT2D eigenvalue weighted by molar-refractivity contribution is 0.0168. The van der Waals surface area contributed by atoms with Crippen LogP contribution in [0.3, 0.4) is 0 Å². The smallest absolute Gasteiger partial charge is 0.0422 e. The third-order valence-corrected chi connectivity index (χ3v) is 6.41. The van der Waals surface area contributed by atoms with Crippen molar-refractivity contribution >= 4 is 0 Å². The number of likely N-dealkylation sites (tertiary alicyclic amines) is 1. The van der Waals surface area contributed by atoms with Gasteiger partial charge in [0.2, 0.25) is 0 Å². The molecule has 1 aliphatic heterocycles. The summed E-state index contributed by atoms with van der Waals surface area (Å²) in [7, 11) is 0. The maximum absolute atomic E-state index is 6.12. The molecule has 1 saturated heterocycles. The molecule has 3 atom stereocenters. The highest BCUT2D eigenvalue weighted by molar-refractivity contribution is 5.03. The lowest BCUT2D eigenvalue weighted by atomic mass is 9.67. The molecule has 124 valence electrons. The Bertz CT molecular complexity index is 298. The zero-order chi connectivity index (χ0) is 15.5. The summed E-state index contributed by atoms with van der Waals surface area (Å²) in [6.45, 7) is 12.1. The normalized spacial score (nSPS) is 33.3. The van der Waals surface area contributed by atoms with Crippen molar-refractivity contribution in [3.8, 4) is 0 Å². The maximum atomic E-state index is 6.12. The summed E-state index contributed by atoms with van der Waals surface area (Å²) in [5, 5.41) is 0. The lowest BCUT2D eigenvalue weighted by Gasteiger charge is -2.51. The van der Waals surface area contributed by atoms with Crippen molar-refractivity contribution in [3.63, 3.8) is 0 Å². The number of hydrogen-bond donors (Lipinski definition) is 2. The number of hydrogen-bond acceptors (Lipinski definition) is 3. The molecule has 3 unspecified atom stereocenters. The van der Waals surface area contributed by atoms with Gasteiger partial charge in [-0.3, -0.25) is 16.2 Å². The van der Waals surface area contributed by atoms with Crippen molar-refractivity contribution in [3.05, 3.63) is 0 Å². The summed E-state index contributed by atoms with van der Waals surface area (Å²) in [4.78, 5) is 2.75. The number of rotatable bonds is 6. The van der Waals surface area contributed by atoms with E-state index in [1.807, 2.05) is 0 Å². The zero-order valence-electron chi connectivity index (χ0n) is 14.7. The monoisotopic (exact) mass is 295 g/mol. The second-order valence-corrected chi connectivity index (χ2v) is 7.83. The van der Waals surface area contributed by atoms with E-state index in [1.54, 1.807) is 0 Å². The van der Waals surface area contributed by atoms with E-state index >= 15 is 0 Å². The summed E-state index contributed by atoms with van der Waals surface area (Å²) < 4.78 is 0. The molecule has 3 nitrogen and oxygen atoms in total. The quantitative estimate of drug-likeness (QED) is 0.581. The molecule has 1 aliphatic carbocycles. The average molecular weight is 296 g/mol. The minimum Gasteiger partial charge on any atom is -0.296 e. The molecule has 2 fully saturated rings. The second-order valence-electron chi connectivity index (χ2n) is 7.83. The first-order valence-corrected chi connectivity index (χ1v) is 9.28. The molecule has 3 N–H and O–H groups in total. The Balaban J connectivity index is 2.22. The van der Waals surface area contributed by atoms with Crippen LogP contribution in [0.5, 0.6) is 0 Å². The first-order chi connectivity index (χ1) is 10.1. The third kappa shape index (κ3) is 3.46. The summed E-state index contributed by atoms with van der Waals surface area (Å²) in [6, 6.07) is 0.441. The molecule has 3 heteroatoms. The van der Waals surface area contributed by atoms with Crippen LogP contribution in [0.2, 0.25) is 0 Å². The largest absolute Gasteiger partial charge is 0.296 e. The van der Waals surface area contributed by atoms with Crippen LogP contribution in [-0.4, -0.2) is 29.6 Å². The minimum atomic E-state index is 0.257. The van der Waals surface area contributed by atoms with Crippen molar-refractivity contribution in [2.24, 2.45) is 23.6 Å². The Labute approximate surface area is 132 Å². The Morgan fingerprint density at radius 2 is 1.57 bits per heavy atom. The molecule has 0 aromatic heterocycles. The molecule has 0 aromatic rings. The highest BCUT2D eigenvalue weighted by Crippen LogP contribution is 2.41. The molecule has 0 bridgehead atoms. The molecule has 0 aromatic carbocycles. The molecule has 2 rings (SSSR count). The molecular weight excluding hydrogens is 258 g/mol. The van der Waals surface area contributed by atoms with Crippen LogP contribution < -0.4 is 11.3 Å². The number of nitrogens with two attached hydrogens (primary N) is 1. The van der Waals surface area contributed by atoms with Gasteiger partial charge < -0.3 is 0 Å². The number of nitrogens with one attached hydrogen (secondary N) is 1. The topological polar surface area (TPSA) is 41.3 Å². The van der Waals surface area contributed by atoms with E-state index in [9.17, 15) is 0 Å². The van der Waals surface area contributed by atoms with Gasteiger partial charge >= 0.3 is 0 Å². The predicted octanol–water partition coefficient (Wildman–Crippen LogP) is 3.55. The fraction of sp³-hybridized carbons (Fsp3) is 1.00. The van der Waals surface area contributed by atoms with Crippen LogP contribution in [0.4, 0.5) is 0 Å². The fourth-order valence-electron chi connectivity index (χ4n) is 5.51. The average Bonchev–Trinajstić information content (AvgIpc) is 2.98. The van der Waals surface area contributed by atoms with Crippen LogP contribution in [0.1, 0.15) is 72.6 Å². The molecule has 2 aliphatic rings. The molecule has 1 heterocycles. The van der Waals surface area contributed by atoms with Crippen LogP contribution in [0.25, 0.3) is 0 Å². The van der Waals surface area contributed by atoms with Gasteiger partial charge in [0.1, 0.15) is 0 Å². The van der Waals surface area contributed by atoms with Gasteiger partial charge in [-0.1, -0.05) is 27.7 Å². The van der Waals surface area contributed by atoms with Gasteiger partial charge in [-0.2, -0.15) is 0 Å². The first-order valence-electron chi connectivity index (χ1n) is 9.28. The highest BCUT2D eigenvalue weighted by atomic mass is 15.3. The second kappa shape index (κ2) is 7.43. The van der Waals surface area contributed by atoms with E-state index in [0.29, 0.717) is 6.04 Å². The highest BCUT2D eigenvalue weighted by Gasteiger charge is 2.46. The Morgan fingerprint density at radius 3 is 2.00 bits per heavy atom. The van der Waals surface area contributed by atoms with E-state index in [4.69, 9.17) is 5.84 Å². The molecule has 0 amide bonds. The van der Waals surface area contributed by atoms with Gasteiger partial charge in [-0.15, -0.1) is 0 Å². The fourth-order valence-corrected chi connectivity index (χ4v) is 5.51. The van der Waals surface area contributed by atoms with Crippen molar-refractivity contribution < 1.29 is 0 Å².